The van der Waals surface area contributed by atoms with E-state index in [-0.39, 0.29) is 11.8 Å². The van der Waals surface area contributed by atoms with E-state index in [1.807, 2.05) is 6.07 Å². The lowest BCUT2D eigenvalue weighted by Crippen LogP contribution is -2.76. The minimum Gasteiger partial charge on any atom is -0.477 e. The molecule has 0 aromatic heterocycles. The zero-order valence-electron chi connectivity index (χ0n) is 16.1. The van der Waals surface area contributed by atoms with E-state index in [4.69, 9.17) is 9.47 Å². The van der Waals surface area contributed by atoms with Crippen molar-refractivity contribution in [2.75, 3.05) is 13.1 Å². The van der Waals surface area contributed by atoms with Crippen LogP contribution in [-0.2, 0) is 21.4 Å². The maximum atomic E-state index is 12.9. The first kappa shape index (κ1) is 17.0. The van der Waals surface area contributed by atoms with Crippen LogP contribution in [0.1, 0.15) is 50.2 Å². The first-order valence-electron chi connectivity index (χ1n) is 10.4. The Hall–Kier alpha value is -1.92. The number of hydrogen-bond donors (Lipinski definition) is 1. The van der Waals surface area contributed by atoms with E-state index in [1.165, 1.54) is 19.8 Å². The van der Waals surface area contributed by atoms with Crippen LogP contribution in [0.2, 0.25) is 0 Å². The molecule has 28 heavy (non-hydrogen) atoms. The predicted molar refractivity (Wildman–Crippen MR) is 99.4 cm³/mol. The number of ether oxygens (including phenoxy) is 2. The molecule has 2 aliphatic heterocycles. The first-order chi connectivity index (χ1) is 13.4. The summed E-state index contributed by atoms with van der Waals surface area (Å²) in [5.74, 6) is 1.25. The number of ketones is 1. The fourth-order valence-corrected chi connectivity index (χ4v) is 6.49. The van der Waals surface area contributed by atoms with Crippen molar-refractivity contribution in [2.45, 2.75) is 68.6 Å². The van der Waals surface area contributed by atoms with E-state index in [1.54, 1.807) is 6.07 Å². The van der Waals surface area contributed by atoms with Crippen molar-refractivity contribution >= 4 is 11.8 Å². The molecule has 6 heteroatoms. The number of esters is 1. The Labute approximate surface area is 163 Å². The number of Topliss-reactive ketones (excluding diaryl/α,β-unsaturated/α-hetero) is 1. The van der Waals surface area contributed by atoms with Gasteiger partial charge in [0.1, 0.15) is 0 Å². The summed E-state index contributed by atoms with van der Waals surface area (Å²) in [4.78, 5) is 27.0. The largest absolute Gasteiger partial charge is 0.477 e. The van der Waals surface area contributed by atoms with Gasteiger partial charge in [-0.05, 0) is 56.2 Å². The lowest BCUT2D eigenvalue weighted by molar-refractivity contribution is -0.188. The summed E-state index contributed by atoms with van der Waals surface area (Å²) in [6.07, 6.45) is 4.15. The van der Waals surface area contributed by atoms with Gasteiger partial charge in [-0.3, -0.25) is 14.5 Å². The van der Waals surface area contributed by atoms with Crippen LogP contribution < -0.4 is 9.47 Å². The number of hydrogen-bond acceptors (Lipinski definition) is 6. The van der Waals surface area contributed by atoms with Gasteiger partial charge in [0, 0.05) is 31.5 Å². The third-order valence-corrected chi connectivity index (χ3v) is 7.80. The molecule has 2 saturated carbocycles. The molecule has 5 aliphatic rings. The second-order valence-electron chi connectivity index (χ2n) is 9.29. The maximum absolute atomic E-state index is 12.9. The summed E-state index contributed by atoms with van der Waals surface area (Å²) in [6.45, 7) is 3.27. The second kappa shape index (κ2) is 5.36. The van der Waals surface area contributed by atoms with Gasteiger partial charge in [-0.25, -0.2) is 0 Å². The zero-order chi connectivity index (χ0) is 19.3. The molecular formula is C22H25NO5. The van der Waals surface area contributed by atoms with Crippen molar-refractivity contribution in [1.29, 1.82) is 0 Å². The van der Waals surface area contributed by atoms with Gasteiger partial charge in [0.15, 0.2) is 23.4 Å². The number of carbonyl (C=O) groups excluding carboxylic acids is 2. The number of likely N-dealkylation sites (tertiary alicyclic amines) is 1. The van der Waals surface area contributed by atoms with Gasteiger partial charge in [0.25, 0.3) is 0 Å². The first-order valence-corrected chi connectivity index (χ1v) is 10.4. The molecule has 0 amide bonds. The van der Waals surface area contributed by atoms with Crippen LogP contribution in [0.15, 0.2) is 12.1 Å². The Morgan fingerprint density at radius 1 is 1.36 bits per heavy atom. The lowest BCUT2D eigenvalue weighted by Gasteiger charge is -2.62. The van der Waals surface area contributed by atoms with Crippen molar-refractivity contribution in [2.24, 2.45) is 5.92 Å². The molecule has 3 fully saturated rings. The topological polar surface area (TPSA) is 76.1 Å². The molecule has 6 rings (SSSR count). The summed E-state index contributed by atoms with van der Waals surface area (Å²) < 4.78 is 11.6. The molecule has 1 spiro atoms. The van der Waals surface area contributed by atoms with Gasteiger partial charge in [-0.1, -0.05) is 6.07 Å². The zero-order valence-corrected chi connectivity index (χ0v) is 16.1. The van der Waals surface area contributed by atoms with Crippen LogP contribution in [0.3, 0.4) is 0 Å². The molecule has 3 aliphatic carbocycles. The highest BCUT2D eigenvalue weighted by molar-refractivity contribution is 5.90. The molecule has 1 aromatic rings. The molecule has 4 atom stereocenters. The highest BCUT2D eigenvalue weighted by Crippen LogP contribution is 2.65. The van der Waals surface area contributed by atoms with Gasteiger partial charge in [-0.2, -0.15) is 0 Å². The Bertz CT molecular complexity index is 908. The second-order valence-corrected chi connectivity index (χ2v) is 9.29. The molecule has 2 heterocycles. The number of rotatable bonds is 3. The SMILES string of the molecule is CC(=O)Oc1ccc2c3c1O[C@H]1C(=O)CC[C@@]4(O)[C@@H](C2)N(CC2CC2)CC[C@]314. The molecule has 1 aromatic carbocycles. The molecule has 0 unspecified atom stereocenters. The average Bonchev–Trinajstić information content (AvgIpc) is 3.38. The standard InChI is InChI=1S/C22H25NO5/c1-12(24)27-16-5-4-14-10-17-22(26)7-6-15(25)20-21(22,18(14)19(16)28-20)8-9-23(17)11-13-2-3-13/h4-5,13,17,20,26H,2-3,6-11H2,1H3/t17-,20+,21+,22-/m1/s1. The summed E-state index contributed by atoms with van der Waals surface area (Å²) in [7, 11) is 0. The Morgan fingerprint density at radius 2 is 2.18 bits per heavy atom. The smallest absolute Gasteiger partial charge is 0.308 e. The normalized spacial score (nSPS) is 38.0. The quantitative estimate of drug-likeness (QED) is 0.633. The molecule has 1 saturated heterocycles. The summed E-state index contributed by atoms with van der Waals surface area (Å²) in [6, 6.07) is 3.79. The fourth-order valence-electron chi connectivity index (χ4n) is 6.49. The van der Waals surface area contributed by atoms with Gasteiger partial charge >= 0.3 is 5.97 Å². The highest BCUT2D eigenvalue weighted by Gasteiger charge is 2.73. The molecule has 148 valence electrons. The summed E-state index contributed by atoms with van der Waals surface area (Å²) in [5, 5.41) is 12.1. The van der Waals surface area contributed by atoms with E-state index in [0.717, 1.165) is 36.6 Å². The highest BCUT2D eigenvalue weighted by atomic mass is 16.6. The van der Waals surface area contributed by atoms with Gasteiger partial charge in [-0.15, -0.1) is 0 Å². The minimum atomic E-state index is -0.980. The lowest BCUT2D eigenvalue weighted by atomic mass is 9.49. The maximum Gasteiger partial charge on any atom is 0.308 e. The van der Waals surface area contributed by atoms with Gasteiger partial charge in [0.2, 0.25) is 0 Å². The van der Waals surface area contributed by atoms with Crippen LogP contribution in [0.4, 0.5) is 0 Å². The van der Waals surface area contributed by atoms with E-state index < -0.39 is 23.1 Å². The number of carbonyl (C=O) groups is 2. The average molecular weight is 383 g/mol. The monoisotopic (exact) mass is 383 g/mol. The Morgan fingerprint density at radius 3 is 2.93 bits per heavy atom. The number of nitrogens with zero attached hydrogens (tertiary/aromatic N) is 1. The van der Waals surface area contributed by atoms with E-state index >= 15 is 0 Å². The third kappa shape index (κ3) is 1.95. The summed E-state index contributed by atoms with van der Waals surface area (Å²) in [5.41, 5.74) is 0.352. The summed E-state index contributed by atoms with van der Waals surface area (Å²) >= 11 is 0. The van der Waals surface area contributed by atoms with Gasteiger partial charge in [0.05, 0.1) is 11.0 Å². The minimum absolute atomic E-state index is 0.0130. The van der Waals surface area contributed by atoms with Crippen molar-refractivity contribution in [3.63, 3.8) is 0 Å². The van der Waals surface area contributed by atoms with E-state index in [2.05, 4.69) is 4.90 Å². The molecule has 6 nitrogen and oxygen atoms in total. The molecular weight excluding hydrogens is 358 g/mol. The molecule has 2 bridgehead atoms. The van der Waals surface area contributed by atoms with Crippen LogP contribution >= 0.6 is 0 Å². The Balaban J connectivity index is 1.54. The number of piperidine rings is 1. The number of aliphatic hydroxyl groups is 1. The van der Waals surface area contributed by atoms with Crippen molar-refractivity contribution in [3.8, 4) is 11.5 Å². The van der Waals surface area contributed by atoms with Crippen molar-refractivity contribution < 1.29 is 24.2 Å². The third-order valence-electron chi connectivity index (χ3n) is 7.80. The van der Waals surface area contributed by atoms with Gasteiger partial charge < -0.3 is 14.6 Å². The van der Waals surface area contributed by atoms with Crippen molar-refractivity contribution in [1.82, 2.24) is 4.90 Å². The van der Waals surface area contributed by atoms with E-state index in [9.17, 15) is 14.7 Å². The number of benzene rings is 1. The van der Waals surface area contributed by atoms with Crippen LogP contribution in [0, 0.1) is 5.92 Å². The Kier molecular flexibility index (Phi) is 3.25. The molecule has 0 radical (unpaired) electrons. The van der Waals surface area contributed by atoms with Crippen LogP contribution in [-0.4, -0.2) is 52.6 Å². The predicted octanol–water partition coefficient (Wildman–Crippen LogP) is 1.75. The molecule has 1 N–H and O–H groups in total. The van der Waals surface area contributed by atoms with Crippen molar-refractivity contribution in [3.05, 3.63) is 23.3 Å². The fraction of sp³-hybridized carbons (Fsp3) is 0.636. The van der Waals surface area contributed by atoms with E-state index in [0.29, 0.717) is 30.8 Å². The van der Waals surface area contributed by atoms with Crippen LogP contribution in [0.5, 0.6) is 11.5 Å². The van der Waals surface area contributed by atoms with Crippen LogP contribution in [0.25, 0.3) is 0 Å².